The molecule has 1 saturated heterocycles. The number of nitrogens with zero attached hydrogens (tertiary/aromatic N) is 1. The molecule has 0 bridgehead atoms. The molecule has 1 amide bonds. The lowest BCUT2D eigenvalue weighted by atomic mass is 10.1. The van der Waals surface area contributed by atoms with Crippen molar-refractivity contribution in [2.75, 3.05) is 31.6 Å². The highest BCUT2D eigenvalue weighted by Crippen LogP contribution is 2.40. The number of aryl methyl sites for hydroxylation is 1. The van der Waals surface area contributed by atoms with Crippen molar-refractivity contribution in [3.63, 3.8) is 0 Å². The molecular formula is C21H22N2O4S. The Balaban J connectivity index is 1.80. The lowest BCUT2D eigenvalue weighted by Gasteiger charge is -2.27. The lowest BCUT2D eigenvalue weighted by Crippen LogP contribution is -2.42. The smallest absolute Gasteiger partial charge is 0.268 e. The lowest BCUT2D eigenvalue weighted by molar-refractivity contribution is -0.130. The molecule has 0 spiro atoms. The second-order valence-electron chi connectivity index (χ2n) is 6.78. The number of morpholine rings is 1. The minimum absolute atomic E-state index is 0.166. The molecule has 0 aliphatic carbocycles. The number of carbonyl (C=O) groups is 1. The van der Waals surface area contributed by atoms with Gasteiger partial charge in [-0.15, -0.1) is 0 Å². The molecular weight excluding hydrogens is 376 g/mol. The van der Waals surface area contributed by atoms with Crippen LogP contribution in [0.5, 0.6) is 0 Å². The van der Waals surface area contributed by atoms with E-state index in [4.69, 9.17) is 4.74 Å². The van der Waals surface area contributed by atoms with E-state index < -0.39 is 15.7 Å². The Labute approximate surface area is 164 Å². The van der Waals surface area contributed by atoms with Crippen LogP contribution in [0.3, 0.4) is 0 Å². The molecule has 1 fully saturated rings. The van der Waals surface area contributed by atoms with Gasteiger partial charge in [0, 0.05) is 24.3 Å². The molecule has 2 aliphatic heterocycles. The molecule has 2 aliphatic rings. The van der Waals surface area contributed by atoms with E-state index in [0.29, 0.717) is 37.6 Å². The monoisotopic (exact) mass is 398 g/mol. The topological polar surface area (TPSA) is 75.7 Å². The summed E-state index contributed by atoms with van der Waals surface area (Å²) >= 11 is 0. The molecule has 0 saturated carbocycles. The van der Waals surface area contributed by atoms with Crippen molar-refractivity contribution >= 4 is 27.1 Å². The Hall–Kier alpha value is -2.64. The third-order valence-electron chi connectivity index (χ3n) is 5.07. The van der Waals surface area contributed by atoms with Gasteiger partial charge in [-0.3, -0.25) is 4.79 Å². The summed E-state index contributed by atoms with van der Waals surface area (Å²) in [5, 5.41) is 3.20. The van der Waals surface area contributed by atoms with Gasteiger partial charge in [0.15, 0.2) is 4.91 Å². The van der Waals surface area contributed by atoms with Gasteiger partial charge in [-0.2, -0.15) is 0 Å². The van der Waals surface area contributed by atoms with Crippen LogP contribution in [0, 0.1) is 0 Å². The SMILES string of the molecule is CCc1ccc(NC2=C(C(=O)N3CCOCC3)S(=O)(=O)c3ccccc32)cc1. The molecule has 1 N–H and O–H groups in total. The van der Waals surface area contributed by atoms with Gasteiger partial charge in [0.05, 0.1) is 23.8 Å². The van der Waals surface area contributed by atoms with E-state index >= 15 is 0 Å². The first-order chi connectivity index (χ1) is 13.5. The second kappa shape index (κ2) is 7.41. The third-order valence-corrected chi connectivity index (χ3v) is 6.92. The fourth-order valence-electron chi connectivity index (χ4n) is 3.50. The number of hydrogen-bond donors (Lipinski definition) is 1. The van der Waals surface area contributed by atoms with E-state index in [9.17, 15) is 13.2 Å². The predicted octanol–water partition coefficient (Wildman–Crippen LogP) is 2.68. The molecule has 146 valence electrons. The van der Waals surface area contributed by atoms with Crippen LogP contribution in [0.25, 0.3) is 5.70 Å². The zero-order chi connectivity index (χ0) is 19.7. The van der Waals surface area contributed by atoms with Crippen molar-refractivity contribution in [1.29, 1.82) is 0 Å². The normalized spacial score (nSPS) is 18.1. The summed E-state index contributed by atoms with van der Waals surface area (Å²) in [7, 11) is -3.89. The first kappa shape index (κ1) is 18.7. The Kier molecular flexibility index (Phi) is 4.95. The number of ether oxygens (including phenoxy) is 1. The van der Waals surface area contributed by atoms with Gasteiger partial charge in [-0.25, -0.2) is 8.42 Å². The Bertz CT molecular complexity index is 1040. The van der Waals surface area contributed by atoms with Crippen LogP contribution >= 0.6 is 0 Å². The van der Waals surface area contributed by atoms with Crippen molar-refractivity contribution < 1.29 is 17.9 Å². The van der Waals surface area contributed by atoms with Crippen molar-refractivity contribution in [1.82, 2.24) is 4.90 Å². The summed E-state index contributed by atoms with van der Waals surface area (Å²) in [6.07, 6.45) is 0.918. The molecule has 2 aromatic carbocycles. The highest BCUT2D eigenvalue weighted by molar-refractivity contribution is 7.97. The largest absolute Gasteiger partial charge is 0.378 e. The van der Waals surface area contributed by atoms with Crippen molar-refractivity contribution in [3.05, 3.63) is 64.6 Å². The van der Waals surface area contributed by atoms with Gasteiger partial charge in [0.25, 0.3) is 5.91 Å². The van der Waals surface area contributed by atoms with E-state index in [0.717, 1.165) is 12.1 Å². The van der Waals surface area contributed by atoms with Crippen LogP contribution in [-0.2, 0) is 25.8 Å². The molecule has 7 heteroatoms. The third kappa shape index (κ3) is 3.21. The van der Waals surface area contributed by atoms with Crippen molar-refractivity contribution in [3.8, 4) is 0 Å². The van der Waals surface area contributed by atoms with Gasteiger partial charge in [0.1, 0.15) is 0 Å². The standard InChI is InChI=1S/C21H22N2O4S/c1-2-15-7-9-16(10-8-15)22-19-17-5-3-4-6-18(17)28(25,26)20(19)21(24)23-11-13-27-14-12-23/h3-10,22H,2,11-14H2,1H3. The second-order valence-corrected chi connectivity index (χ2v) is 8.64. The predicted molar refractivity (Wildman–Crippen MR) is 107 cm³/mol. The zero-order valence-electron chi connectivity index (χ0n) is 15.6. The van der Waals surface area contributed by atoms with E-state index in [1.807, 2.05) is 24.3 Å². The first-order valence-corrected chi connectivity index (χ1v) is 10.8. The molecule has 2 heterocycles. The van der Waals surface area contributed by atoms with Crippen LogP contribution in [0.4, 0.5) is 5.69 Å². The van der Waals surface area contributed by atoms with Gasteiger partial charge >= 0.3 is 0 Å². The van der Waals surface area contributed by atoms with Crippen LogP contribution in [-0.4, -0.2) is 45.5 Å². The number of anilines is 1. The number of benzene rings is 2. The fourth-order valence-corrected chi connectivity index (χ4v) is 5.22. The summed E-state index contributed by atoms with van der Waals surface area (Å²) < 4.78 is 31.7. The quantitative estimate of drug-likeness (QED) is 0.857. The number of nitrogens with one attached hydrogen (secondary N) is 1. The molecule has 0 unspecified atom stereocenters. The number of fused-ring (bicyclic) bond motifs is 1. The molecule has 0 atom stereocenters. The Morgan fingerprint density at radius 2 is 1.75 bits per heavy atom. The minimum Gasteiger partial charge on any atom is -0.378 e. The minimum atomic E-state index is -3.89. The van der Waals surface area contributed by atoms with E-state index in [1.54, 1.807) is 29.2 Å². The van der Waals surface area contributed by atoms with Crippen LogP contribution in [0.15, 0.2) is 58.3 Å². The summed E-state index contributed by atoms with van der Waals surface area (Å²) in [5.74, 6) is -0.479. The summed E-state index contributed by atoms with van der Waals surface area (Å²) in [6, 6.07) is 14.5. The van der Waals surface area contributed by atoms with Gasteiger partial charge in [0.2, 0.25) is 9.84 Å². The zero-order valence-corrected chi connectivity index (χ0v) is 16.5. The molecule has 2 aromatic rings. The number of carbonyl (C=O) groups excluding carboxylic acids is 1. The van der Waals surface area contributed by atoms with Crippen LogP contribution < -0.4 is 5.32 Å². The van der Waals surface area contributed by atoms with Crippen LogP contribution in [0.1, 0.15) is 18.1 Å². The maximum Gasteiger partial charge on any atom is 0.268 e. The maximum atomic E-state index is 13.2. The number of hydrogen-bond acceptors (Lipinski definition) is 5. The summed E-state index contributed by atoms with van der Waals surface area (Å²) in [5.41, 5.74) is 2.80. The molecule has 28 heavy (non-hydrogen) atoms. The Morgan fingerprint density at radius 3 is 2.43 bits per heavy atom. The van der Waals surface area contributed by atoms with Crippen molar-refractivity contribution in [2.45, 2.75) is 18.2 Å². The van der Waals surface area contributed by atoms with E-state index in [2.05, 4.69) is 12.2 Å². The van der Waals surface area contributed by atoms with Gasteiger partial charge < -0.3 is 15.0 Å². The van der Waals surface area contributed by atoms with Crippen LogP contribution in [0.2, 0.25) is 0 Å². The molecule has 0 radical (unpaired) electrons. The summed E-state index contributed by atoms with van der Waals surface area (Å²) in [4.78, 5) is 14.7. The van der Waals surface area contributed by atoms with Gasteiger partial charge in [-0.05, 0) is 30.2 Å². The number of rotatable bonds is 4. The van der Waals surface area contributed by atoms with E-state index in [-0.39, 0.29) is 9.80 Å². The summed E-state index contributed by atoms with van der Waals surface area (Å²) in [6.45, 7) is 3.66. The fraction of sp³-hybridized carbons (Fsp3) is 0.286. The highest BCUT2D eigenvalue weighted by Gasteiger charge is 2.41. The molecule has 0 aromatic heterocycles. The average molecular weight is 398 g/mol. The average Bonchev–Trinajstić information content (AvgIpc) is 2.95. The van der Waals surface area contributed by atoms with E-state index in [1.165, 1.54) is 5.56 Å². The first-order valence-electron chi connectivity index (χ1n) is 9.34. The van der Waals surface area contributed by atoms with Crippen molar-refractivity contribution in [2.24, 2.45) is 0 Å². The Morgan fingerprint density at radius 1 is 1.07 bits per heavy atom. The highest BCUT2D eigenvalue weighted by atomic mass is 32.2. The molecule has 6 nitrogen and oxygen atoms in total. The number of sulfone groups is 1. The molecule has 4 rings (SSSR count). The number of amides is 1. The van der Waals surface area contributed by atoms with Gasteiger partial charge in [-0.1, -0.05) is 37.3 Å². The maximum absolute atomic E-state index is 13.2.